The number of hydrogen-bond donors (Lipinski definition) is 2. The number of nitrogens with one attached hydrogen (secondary N) is 1. The molecule has 1 saturated heterocycles. The number of aromatic carboxylic acids is 1. The molecule has 1 aliphatic heterocycles. The molecule has 1 aliphatic rings. The first-order valence-electron chi connectivity index (χ1n) is 5.57. The summed E-state index contributed by atoms with van der Waals surface area (Å²) in [6.45, 7) is 1.47. The zero-order valence-electron chi connectivity index (χ0n) is 9.35. The van der Waals surface area contributed by atoms with Gasteiger partial charge in [0.15, 0.2) is 0 Å². The number of urea groups is 1. The molecule has 0 atom stereocenters. The van der Waals surface area contributed by atoms with E-state index in [1.54, 1.807) is 23.1 Å². The molecule has 1 aromatic carbocycles. The Hall–Kier alpha value is -2.04. The standard InChI is InChI=1S/C12H14N2O3/c15-11(16)9-5-1-2-6-10(9)13-12(17)14-7-3-4-8-14/h1-2,5-6H,3-4,7-8H2,(H,13,17)(H,15,16). The Balaban J connectivity index is 2.12. The van der Waals surface area contributed by atoms with E-state index in [4.69, 9.17) is 5.11 Å². The minimum atomic E-state index is -1.04. The van der Waals surface area contributed by atoms with Crippen molar-refractivity contribution in [3.8, 4) is 0 Å². The van der Waals surface area contributed by atoms with Gasteiger partial charge in [-0.15, -0.1) is 0 Å². The topological polar surface area (TPSA) is 69.6 Å². The van der Waals surface area contributed by atoms with Gasteiger partial charge in [0.2, 0.25) is 0 Å². The Labute approximate surface area is 99.0 Å². The van der Waals surface area contributed by atoms with Crippen molar-refractivity contribution in [3.05, 3.63) is 29.8 Å². The molecular formula is C12H14N2O3. The zero-order chi connectivity index (χ0) is 12.3. The van der Waals surface area contributed by atoms with E-state index in [9.17, 15) is 9.59 Å². The van der Waals surface area contributed by atoms with E-state index in [0.717, 1.165) is 25.9 Å². The van der Waals surface area contributed by atoms with E-state index < -0.39 is 5.97 Å². The van der Waals surface area contributed by atoms with Crippen molar-refractivity contribution in [1.29, 1.82) is 0 Å². The smallest absolute Gasteiger partial charge is 0.337 e. The van der Waals surface area contributed by atoms with Gasteiger partial charge < -0.3 is 15.3 Å². The fourth-order valence-corrected chi connectivity index (χ4v) is 1.89. The van der Waals surface area contributed by atoms with Crippen LogP contribution in [0.15, 0.2) is 24.3 Å². The summed E-state index contributed by atoms with van der Waals surface area (Å²) in [6, 6.07) is 6.18. The number of anilines is 1. The SMILES string of the molecule is O=C(O)c1ccccc1NC(=O)N1CCCC1. The van der Waals surface area contributed by atoms with E-state index in [1.165, 1.54) is 6.07 Å². The van der Waals surface area contributed by atoms with Gasteiger partial charge in [0.05, 0.1) is 11.3 Å². The van der Waals surface area contributed by atoms with Crippen molar-refractivity contribution >= 4 is 17.7 Å². The Morgan fingerprint density at radius 2 is 1.82 bits per heavy atom. The van der Waals surface area contributed by atoms with Crippen LogP contribution in [0.4, 0.5) is 10.5 Å². The van der Waals surface area contributed by atoms with Crippen LogP contribution in [0.25, 0.3) is 0 Å². The molecule has 1 aromatic rings. The van der Waals surface area contributed by atoms with Crippen LogP contribution in [0.1, 0.15) is 23.2 Å². The average molecular weight is 234 g/mol. The van der Waals surface area contributed by atoms with Gasteiger partial charge in [-0.1, -0.05) is 12.1 Å². The van der Waals surface area contributed by atoms with Crippen LogP contribution in [0.5, 0.6) is 0 Å². The highest BCUT2D eigenvalue weighted by atomic mass is 16.4. The number of carbonyl (C=O) groups excluding carboxylic acids is 1. The van der Waals surface area contributed by atoms with Crippen LogP contribution >= 0.6 is 0 Å². The Bertz CT molecular complexity index is 439. The maximum Gasteiger partial charge on any atom is 0.337 e. The lowest BCUT2D eigenvalue weighted by Crippen LogP contribution is -2.32. The Morgan fingerprint density at radius 3 is 2.47 bits per heavy atom. The minimum absolute atomic E-state index is 0.111. The number of rotatable bonds is 2. The molecule has 0 spiro atoms. The number of nitrogens with zero attached hydrogens (tertiary/aromatic N) is 1. The molecule has 2 amide bonds. The summed E-state index contributed by atoms with van der Waals surface area (Å²) in [4.78, 5) is 24.5. The molecule has 0 unspecified atom stereocenters. The lowest BCUT2D eigenvalue weighted by Gasteiger charge is -2.17. The third kappa shape index (κ3) is 2.55. The highest BCUT2D eigenvalue weighted by Gasteiger charge is 2.19. The number of likely N-dealkylation sites (tertiary alicyclic amines) is 1. The van der Waals surface area contributed by atoms with Gasteiger partial charge in [-0.3, -0.25) is 0 Å². The predicted octanol–water partition coefficient (Wildman–Crippen LogP) is 2.01. The van der Waals surface area contributed by atoms with E-state index in [1.807, 2.05) is 0 Å². The number of carboxylic acid groups (broad SMARTS) is 1. The van der Waals surface area contributed by atoms with Crippen LogP contribution in [0, 0.1) is 0 Å². The van der Waals surface area contributed by atoms with Crippen molar-refractivity contribution in [1.82, 2.24) is 4.90 Å². The molecule has 0 saturated carbocycles. The van der Waals surface area contributed by atoms with Gasteiger partial charge in [-0.2, -0.15) is 0 Å². The Kier molecular flexibility index (Phi) is 3.27. The van der Waals surface area contributed by atoms with Crippen molar-refractivity contribution in [2.24, 2.45) is 0 Å². The van der Waals surface area contributed by atoms with Crippen LogP contribution in [0.3, 0.4) is 0 Å². The third-order valence-corrected chi connectivity index (χ3v) is 2.79. The fraction of sp³-hybridized carbons (Fsp3) is 0.333. The average Bonchev–Trinajstić information content (AvgIpc) is 2.83. The predicted molar refractivity (Wildman–Crippen MR) is 63.2 cm³/mol. The van der Waals surface area contributed by atoms with Gasteiger partial charge in [0.1, 0.15) is 0 Å². The zero-order valence-corrected chi connectivity index (χ0v) is 9.35. The number of hydrogen-bond acceptors (Lipinski definition) is 2. The molecule has 90 valence electrons. The van der Waals surface area contributed by atoms with Gasteiger partial charge >= 0.3 is 12.0 Å². The number of benzene rings is 1. The molecule has 0 aromatic heterocycles. The van der Waals surface area contributed by atoms with Gasteiger partial charge in [-0.25, -0.2) is 9.59 Å². The molecule has 2 N–H and O–H groups in total. The normalized spacial score (nSPS) is 14.7. The highest BCUT2D eigenvalue weighted by molar-refractivity contribution is 5.99. The van der Waals surface area contributed by atoms with Crippen molar-refractivity contribution in [2.75, 3.05) is 18.4 Å². The minimum Gasteiger partial charge on any atom is -0.478 e. The first-order chi connectivity index (χ1) is 8.18. The van der Waals surface area contributed by atoms with Crippen LogP contribution in [-0.2, 0) is 0 Å². The maximum absolute atomic E-state index is 11.8. The fourth-order valence-electron chi connectivity index (χ4n) is 1.89. The second-order valence-electron chi connectivity index (χ2n) is 3.98. The van der Waals surface area contributed by atoms with E-state index in [0.29, 0.717) is 5.69 Å². The van der Waals surface area contributed by atoms with Gasteiger partial charge in [-0.05, 0) is 25.0 Å². The molecule has 1 heterocycles. The molecule has 0 bridgehead atoms. The van der Waals surface area contributed by atoms with Crippen LogP contribution in [0.2, 0.25) is 0 Å². The van der Waals surface area contributed by atoms with E-state index >= 15 is 0 Å². The second-order valence-corrected chi connectivity index (χ2v) is 3.98. The summed E-state index contributed by atoms with van der Waals surface area (Å²) in [7, 11) is 0. The lowest BCUT2D eigenvalue weighted by molar-refractivity contribution is 0.0698. The van der Waals surface area contributed by atoms with Crippen molar-refractivity contribution in [3.63, 3.8) is 0 Å². The first kappa shape index (κ1) is 11.4. The third-order valence-electron chi connectivity index (χ3n) is 2.79. The molecule has 5 heteroatoms. The van der Waals surface area contributed by atoms with Crippen molar-refractivity contribution < 1.29 is 14.7 Å². The molecule has 0 aliphatic carbocycles. The number of amides is 2. The van der Waals surface area contributed by atoms with Crippen LogP contribution in [-0.4, -0.2) is 35.1 Å². The summed E-state index contributed by atoms with van der Waals surface area (Å²) >= 11 is 0. The first-order valence-corrected chi connectivity index (χ1v) is 5.57. The van der Waals surface area contributed by atoms with Gasteiger partial charge in [0.25, 0.3) is 0 Å². The lowest BCUT2D eigenvalue weighted by atomic mass is 10.2. The number of carboxylic acids is 1. The monoisotopic (exact) mass is 234 g/mol. The van der Waals surface area contributed by atoms with Crippen molar-refractivity contribution in [2.45, 2.75) is 12.8 Å². The molecule has 2 rings (SSSR count). The quantitative estimate of drug-likeness (QED) is 0.822. The molecule has 17 heavy (non-hydrogen) atoms. The summed E-state index contributed by atoms with van der Waals surface area (Å²) in [5, 5.41) is 11.6. The molecule has 1 fully saturated rings. The molecular weight excluding hydrogens is 220 g/mol. The summed E-state index contributed by atoms with van der Waals surface area (Å²) < 4.78 is 0. The highest BCUT2D eigenvalue weighted by Crippen LogP contribution is 2.17. The van der Waals surface area contributed by atoms with Gasteiger partial charge in [0, 0.05) is 13.1 Å². The van der Waals surface area contributed by atoms with E-state index in [-0.39, 0.29) is 11.6 Å². The largest absolute Gasteiger partial charge is 0.478 e. The molecule has 0 radical (unpaired) electrons. The number of para-hydroxylation sites is 1. The summed E-state index contributed by atoms with van der Waals surface area (Å²) in [5.74, 6) is -1.04. The maximum atomic E-state index is 11.8. The Morgan fingerprint density at radius 1 is 1.18 bits per heavy atom. The summed E-state index contributed by atoms with van der Waals surface area (Å²) in [5.41, 5.74) is 0.456. The molecule has 5 nitrogen and oxygen atoms in total. The van der Waals surface area contributed by atoms with E-state index in [2.05, 4.69) is 5.32 Å². The number of carbonyl (C=O) groups is 2. The van der Waals surface area contributed by atoms with Crippen LogP contribution < -0.4 is 5.32 Å². The second kappa shape index (κ2) is 4.86. The summed E-state index contributed by atoms with van der Waals surface area (Å²) in [6.07, 6.45) is 2.02.